The predicted octanol–water partition coefficient (Wildman–Crippen LogP) is 1.99. The first-order valence-electron chi connectivity index (χ1n) is 7.10. The molecule has 1 N–H and O–H groups in total. The third kappa shape index (κ3) is 2.90. The first-order valence-corrected chi connectivity index (χ1v) is 8.54. The quantitative estimate of drug-likeness (QED) is 0.924. The molecule has 1 aliphatic heterocycles. The van der Waals surface area contributed by atoms with Crippen molar-refractivity contribution in [1.82, 2.24) is 9.62 Å². The lowest BCUT2D eigenvalue weighted by molar-refractivity contribution is 0.463. The molecule has 0 aliphatic carbocycles. The van der Waals surface area contributed by atoms with Crippen LogP contribution in [0, 0.1) is 18.8 Å². The van der Waals surface area contributed by atoms with Crippen molar-refractivity contribution in [2.24, 2.45) is 11.8 Å². The van der Waals surface area contributed by atoms with E-state index in [0.717, 1.165) is 11.1 Å². The molecular formula is C15H24N2O2S. The summed E-state index contributed by atoms with van der Waals surface area (Å²) in [6, 6.07) is 5.41. The van der Waals surface area contributed by atoms with Crippen LogP contribution in [0.5, 0.6) is 0 Å². The Kier molecular flexibility index (Phi) is 4.52. The van der Waals surface area contributed by atoms with Gasteiger partial charge in [-0.2, -0.15) is 4.31 Å². The number of sulfonamides is 1. The van der Waals surface area contributed by atoms with Gasteiger partial charge in [-0.1, -0.05) is 19.9 Å². The number of hydrogen-bond acceptors (Lipinski definition) is 3. The summed E-state index contributed by atoms with van der Waals surface area (Å²) >= 11 is 0. The molecular weight excluding hydrogens is 272 g/mol. The van der Waals surface area contributed by atoms with Crippen molar-refractivity contribution in [1.29, 1.82) is 0 Å². The van der Waals surface area contributed by atoms with E-state index in [9.17, 15) is 8.42 Å². The van der Waals surface area contributed by atoms with E-state index >= 15 is 0 Å². The second-order valence-electron chi connectivity index (χ2n) is 5.90. The summed E-state index contributed by atoms with van der Waals surface area (Å²) in [5.41, 5.74) is 2.15. The van der Waals surface area contributed by atoms with Gasteiger partial charge in [-0.25, -0.2) is 8.42 Å². The van der Waals surface area contributed by atoms with Gasteiger partial charge < -0.3 is 5.32 Å². The van der Waals surface area contributed by atoms with E-state index in [-0.39, 0.29) is 0 Å². The highest BCUT2D eigenvalue weighted by molar-refractivity contribution is 7.89. The van der Waals surface area contributed by atoms with E-state index in [4.69, 9.17) is 0 Å². The Balaban J connectivity index is 2.33. The average Bonchev–Trinajstić information content (AvgIpc) is 2.73. The Labute approximate surface area is 122 Å². The number of rotatable bonds is 4. The number of hydrogen-bond donors (Lipinski definition) is 1. The SMILES string of the molecule is CNCc1cc(S(=O)(=O)N2CC(C)C(C)C2)ccc1C. The van der Waals surface area contributed by atoms with Crippen LogP contribution in [0.3, 0.4) is 0 Å². The van der Waals surface area contributed by atoms with Crippen molar-refractivity contribution in [2.75, 3.05) is 20.1 Å². The molecule has 1 heterocycles. The van der Waals surface area contributed by atoms with Crippen molar-refractivity contribution < 1.29 is 8.42 Å². The summed E-state index contributed by atoms with van der Waals surface area (Å²) in [5, 5.41) is 3.08. The molecule has 1 fully saturated rings. The molecule has 4 nitrogen and oxygen atoms in total. The zero-order valence-corrected chi connectivity index (χ0v) is 13.5. The molecule has 1 saturated heterocycles. The Morgan fingerprint density at radius 2 is 1.85 bits per heavy atom. The standard InChI is InChI=1S/C15H24N2O2S/c1-11-5-6-15(7-14(11)8-16-4)20(18,19)17-9-12(2)13(3)10-17/h5-7,12-13,16H,8-10H2,1-4H3. The van der Waals surface area contributed by atoms with E-state index in [2.05, 4.69) is 19.2 Å². The van der Waals surface area contributed by atoms with Crippen molar-refractivity contribution in [3.05, 3.63) is 29.3 Å². The predicted molar refractivity (Wildman–Crippen MR) is 81.0 cm³/mol. The van der Waals surface area contributed by atoms with Gasteiger partial charge in [-0.05, 0) is 49.1 Å². The lowest BCUT2D eigenvalue weighted by atomic mass is 10.0. The molecule has 2 rings (SSSR count). The summed E-state index contributed by atoms with van der Waals surface area (Å²) in [6.07, 6.45) is 0. The Hall–Kier alpha value is -0.910. The molecule has 20 heavy (non-hydrogen) atoms. The minimum atomic E-state index is -3.36. The Morgan fingerprint density at radius 1 is 1.25 bits per heavy atom. The molecule has 112 valence electrons. The maximum absolute atomic E-state index is 12.7. The summed E-state index contributed by atoms with van der Waals surface area (Å²) in [7, 11) is -1.49. The maximum Gasteiger partial charge on any atom is 0.243 e. The van der Waals surface area contributed by atoms with Crippen LogP contribution in [0.4, 0.5) is 0 Å². The molecule has 0 aromatic heterocycles. The number of nitrogens with one attached hydrogen (secondary N) is 1. The molecule has 2 unspecified atom stereocenters. The lowest BCUT2D eigenvalue weighted by Gasteiger charge is -2.17. The fourth-order valence-electron chi connectivity index (χ4n) is 2.61. The molecule has 0 spiro atoms. The number of nitrogens with zero attached hydrogens (tertiary/aromatic N) is 1. The van der Waals surface area contributed by atoms with Crippen molar-refractivity contribution in [3.8, 4) is 0 Å². The first-order chi connectivity index (χ1) is 9.36. The van der Waals surface area contributed by atoms with Gasteiger partial charge >= 0.3 is 0 Å². The molecule has 0 amide bonds. The molecule has 1 aliphatic rings. The largest absolute Gasteiger partial charge is 0.316 e. The van der Waals surface area contributed by atoms with Gasteiger partial charge in [0, 0.05) is 19.6 Å². The van der Waals surface area contributed by atoms with Gasteiger partial charge in [0.1, 0.15) is 0 Å². The van der Waals surface area contributed by atoms with Crippen molar-refractivity contribution >= 4 is 10.0 Å². The third-order valence-electron chi connectivity index (χ3n) is 4.28. The summed E-state index contributed by atoms with van der Waals surface area (Å²) in [5.74, 6) is 0.846. The number of benzene rings is 1. The van der Waals surface area contributed by atoms with Crippen molar-refractivity contribution in [2.45, 2.75) is 32.2 Å². The smallest absolute Gasteiger partial charge is 0.243 e. The third-order valence-corrected chi connectivity index (χ3v) is 6.11. The molecule has 0 bridgehead atoms. The average molecular weight is 296 g/mol. The van der Waals surface area contributed by atoms with Crippen LogP contribution < -0.4 is 5.32 Å². The summed E-state index contributed by atoms with van der Waals surface area (Å²) in [4.78, 5) is 0.412. The van der Waals surface area contributed by atoms with Crippen LogP contribution in [0.2, 0.25) is 0 Å². The zero-order valence-electron chi connectivity index (χ0n) is 12.7. The van der Waals surface area contributed by atoms with Gasteiger partial charge in [0.2, 0.25) is 10.0 Å². The highest BCUT2D eigenvalue weighted by Crippen LogP contribution is 2.28. The molecule has 0 saturated carbocycles. The van der Waals surface area contributed by atoms with Crippen LogP contribution in [0.25, 0.3) is 0 Å². The minimum Gasteiger partial charge on any atom is -0.316 e. The first kappa shape index (κ1) is 15.5. The van der Waals surface area contributed by atoms with E-state index in [1.165, 1.54) is 0 Å². The second-order valence-corrected chi connectivity index (χ2v) is 7.83. The molecule has 1 aromatic rings. The van der Waals surface area contributed by atoms with Crippen LogP contribution in [-0.2, 0) is 16.6 Å². The lowest BCUT2D eigenvalue weighted by Crippen LogP contribution is -2.29. The van der Waals surface area contributed by atoms with E-state index < -0.39 is 10.0 Å². The Bertz CT molecular complexity index is 574. The monoisotopic (exact) mass is 296 g/mol. The fourth-order valence-corrected chi connectivity index (χ4v) is 4.30. The van der Waals surface area contributed by atoms with E-state index in [1.54, 1.807) is 16.4 Å². The second kappa shape index (κ2) is 5.84. The van der Waals surface area contributed by atoms with Crippen LogP contribution in [-0.4, -0.2) is 32.9 Å². The Morgan fingerprint density at radius 3 is 2.40 bits per heavy atom. The highest BCUT2D eigenvalue weighted by atomic mass is 32.2. The molecule has 2 atom stereocenters. The highest BCUT2D eigenvalue weighted by Gasteiger charge is 2.34. The summed E-state index contributed by atoms with van der Waals surface area (Å²) in [6.45, 7) is 8.16. The van der Waals surface area contributed by atoms with Gasteiger partial charge in [-0.15, -0.1) is 0 Å². The fraction of sp³-hybridized carbons (Fsp3) is 0.600. The maximum atomic E-state index is 12.7. The summed E-state index contributed by atoms with van der Waals surface area (Å²) < 4.78 is 27.0. The van der Waals surface area contributed by atoms with Crippen LogP contribution in [0.1, 0.15) is 25.0 Å². The number of aryl methyl sites for hydroxylation is 1. The normalized spacial score (nSPS) is 24.2. The van der Waals surface area contributed by atoms with Gasteiger partial charge in [0.15, 0.2) is 0 Å². The van der Waals surface area contributed by atoms with Gasteiger partial charge in [0.05, 0.1) is 4.90 Å². The minimum absolute atomic E-state index is 0.412. The molecule has 5 heteroatoms. The molecule has 1 aromatic carbocycles. The zero-order chi connectivity index (χ0) is 14.9. The van der Waals surface area contributed by atoms with E-state index in [0.29, 0.717) is 36.4 Å². The topological polar surface area (TPSA) is 49.4 Å². The van der Waals surface area contributed by atoms with Crippen LogP contribution >= 0.6 is 0 Å². The van der Waals surface area contributed by atoms with Gasteiger partial charge in [0.25, 0.3) is 0 Å². The van der Waals surface area contributed by atoms with E-state index in [1.807, 2.05) is 20.0 Å². The van der Waals surface area contributed by atoms with Crippen LogP contribution in [0.15, 0.2) is 23.1 Å². The molecule has 0 radical (unpaired) electrons. The van der Waals surface area contributed by atoms with Gasteiger partial charge in [-0.3, -0.25) is 0 Å². The van der Waals surface area contributed by atoms with Crippen molar-refractivity contribution in [3.63, 3.8) is 0 Å².